The first-order chi connectivity index (χ1) is 6.24. The van der Waals surface area contributed by atoms with E-state index < -0.39 is 0 Å². The lowest BCUT2D eigenvalue weighted by atomic mass is 10.0. The number of piperidine rings is 1. The molecule has 1 saturated heterocycles. The van der Waals surface area contributed by atoms with Crippen LogP contribution in [0.3, 0.4) is 0 Å². The number of carbonyl (C=O) groups excluding carboxylic acids is 1. The summed E-state index contributed by atoms with van der Waals surface area (Å²) in [5, 5.41) is 2.91. The largest absolute Gasteiger partial charge is 0.338 e. The topological polar surface area (TPSA) is 32.3 Å². The third-order valence-corrected chi connectivity index (χ3v) is 2.47. The lowest BCUT2D eigenvalue weighted by Gasteiger charge is -2.30. The Labute approximate surface area is 80.5 Å². The van der Waals surface area contributed by atoms with Crippen molar-refractivity contribution in [1.29, 1.82) is 0 Å². The van der Waals surface area contributed by atoms with E-state index in [-0.39, 0.29) is 6.03 Å². The molecular formula is C10H20N2O. The van der Waals surface area contributed by atoms with E-state index >= 15 is 0 Å². The summed E-state index contributed by atoms with van der Waals surface area (Å²) < 4.78 is 0. The molecule has 0 aliphatic carbocycles. The lowest BCUT2D eigenvalue weighted by molar-refractivity contribution is 0.170. The Kier molecular flexibility index (Phi) is 4.06. The van der Waals surface area contributed by atoms with E-state index in [0.717, 1.165) is 32.5 Å². The molecule has 1 atom stereocenters. The van der Waals surface area contributed by atoms with Crippen molar-refractivity contribution < 1.29 is 4.79 Å². The van der Waals surface area contributed by atoms with Crippen LogP contribution >= 0.6 is 0 Å². The van der Waals surface area contributed by atoms with E-state index in [1.54, 1.807) is 0 Å². The fourth-order valence-corrected chi connectivity index (χ4v) is 1.72. The minimum absolute atomic E-state index is 0.119. The number of hydrogen-bond acceptors (Lipinski definition) is 1. The number of amides is 2. The maximum Gasteiger partial charge on any atom is 0.317 e. The zero-order chi connectivity index (χ0) is 9.68. The Balaban J connectivity index is 2.28. The molecule has 0 saturated carbocycles. The fourth-order valence-electron chi connectivity index (χ4n) is 1.72. The van der Waals surface area contributed by atoms with Gasteiger partial charge in [0.05, 0.1) is 0 Å². The van der Waals surface area contributed by atoms with Gasteiger partial charge in [-0.15, -0.1) is 0 Å². The molecule has 0 aromatic heterocycles. The van der Waals surface area contributed by atoms with Crippen molar-refractivity contribution >= 4 is 6.03 Å². The molecule has 1 N–H and O–H groups in total. The maximum absolute atomic E-state index is 11.5. The van der Waals surface area contributed by atoms with Crippen molar-refractivity contribution in [3.05, 3.63) is 0 Å². The van der Waals surface area contributed by atoms with E-state index in [1.165, 1.54) is 6.42 Å². The molecule has 1 heterocycles. The van der Waals surface area contributed by atoms with Crippen molar-refractivity contribution in [1.82, 2.24) is 10.2 Å². The molecule has 13 heavy (non-hydrogen) atoms. The molecular weight excluding hydrogens is 164 g/mol. The van der Waals surface area contributed by atoms with Crippen molar-refractivity contribution in [3.8, 4) is 0 Å². The summed E-state index contributed by atoms with van der Waals surface area (Å²) in [6.07, 6.45) is 3.42. The molecule has 0 aromatic carbocycles. The molecule has 0 spiro atoms. The van der Waals surface area contributed by atoms with Gasteiger partial charge < -0.3 is 10.2 Å². The van der Waals surface area contributed by atoms with E-state index in [0.29, 0.717) is 5.92 Å². The third kappa shape index (κ3) is 3.25. The zero-order valence-corrected chi connectivity index (χ0v) is 8.68. The van der Waals surface area contributed by atoms with Crippen LogP contribution in [0, 0.1) is 5.92 Å². The van der Waals surface area contributed by atoms with Crippen molar-refractivity contribution in [2.75, 3.05) is 19.6 Å². The van der Waals surface area contributed by atoms with Crippen LogP contribution in [0.25, 0.3) is 0 Å². The molecule has 0 bridgehead atoms. The molecule has 2 amide bonds. The normalized spacial score (nSPS) is 22.9. The fraction of sp³-hybridized carbons (Fsp3) is 0.900. The average molecular weight is 184 g/mol. The second-order valence-corrected chi connectivity index (χ2v) is 3.93. The van der Waals surface area contributed by atoms with Crippen LogP contribution < -0.4 is 5.32 Å². The molecule has 0 unspecified atom stereocenters. The summed E-state index contributed by atoms with van der Waals surface area (Å²) in [5.41, 5.74) is 0. The molecule has 1 aliphatic rings. The highest BCUT2D eigenvalue weighted by Crippen LogP contribution is 2.14. The van der Waals surface area contributed by atoms with Crippen molar-refractivity contribution in [3.63, 3.8) is 0 Å². The molecule has 1 rings (SSSR count). The first-order valence-electron chi connectivity index (χ1n) is 5.26. The van der Waals surface area contributed by atoms with E-state index in [9.17, 15) is 4.79 Å². The summed E-state index contributed by atoms with van der Waals surface area (Å²) in [6, 6.07) is 0.119. The Bertz CT molecular complexity index is 170. The smallest absolute Gasteiger partial charge is 0.317 e. The number of urea groups is 1. The number of nitrogens with zero attached hydrogens (tertiary/aromatic N) is 1. The van der Waals surface area contributed by atoms with E-state index in [2.05, 4.69) is 19.2 Å². The Hall–Kier alpha value is -0.730. The number of carbonyl (C=O) groups is 1. The van der Waals surface area contributed by atoms with E-state index in [1.807, 2.05) is 4.90 Å². The van der Waals surface area contributed by atoms with Crippen LogP contribution in [-0.4, -0.2) is 30.6 Å². The minimum Gasteiger partial charge on any atom is -0.338 e. The SMILES string of the molecule is CCCNC(=O)N1CCC[C@@H](C)C1. The molecule has 0 aromatic rings. The number of hydrogen-bond donors (Lipinski definition) is 1. The molecule has 76 valence electrons. The summed E-state index contributed by atoms with van der Waals surface area (Å²) in [5.74, 6) is 0.668. The molecule has 1 aliphatic heterocycles. The van der Waals surface area contributed by atoms with Crippen LogP contribution in [0.1, 0.15) is 33.1 Å². The summed E-state index contributed by atoms with van der Waals surface area (Å²) >= 11 is 0. The highest BCUT2D eigenvalue weighted by molar-refractivity contribution is 5.74. The van der Waals surface area contributed by atoms with Gasteiger partial charge in [-0.2, -0.15) is 0 Å². The first-order valence-corrected chi connectivity index (χ1v) is 5.26. The monoisotopic (exact) mass is 184 g/mol. The van der Waals surface area contributed by atoms with Gasteiger partial charge in [-0.05, 0) is 25.2 Å². The Morgan fingerprint density at radius 2 is 2.38 bits per heavy atom. The van der Waals surface area contributed by atoms with Crippen molar-refractivity contribution in [2.24, 2.45) is 5.92 Å². The summed E-state index contributed by atoms with van der Waals surface area (Å²) in [4.78, 5) is 13.5. The van der Waals surface area contributed by atoms with Crippen LogP contribution in [0.15, 0.2) is 0 Å². The number of likely N-dealkylation sites (tertiary alicyclic amines) is 1. The second-order valence-electron chi connectivity index (χ2n) is 3.93. The van der Waals surface area contributed by atoms with Crippen LogP contribution in [0.5, 0.6) is 0 Å². The predicted octanol–water partition coefficient (Wildman–Crippen LogP) is 1.84. The summed E-state index contributed by atoms with van der Waals surface area (Å²) in [7, 11) is 0. The minimum atomic E-state index is 0.119. The van der Waals surface area contributed by atoms with Gasteiger partial charge in [0.1, 0.15) is 0 Å². The predicted molar refractivity (Wildman–Crippen MR) is 53.7 cm³/mol. The molecule has 3 nitrogen and oxygen atoms in total. The summed E-state index contributed by atoms with van der Waals surface area (Å²) in [6.45, 7) is 6.93. The van der Waals surface area contributed by atoms with Gasteiger partial charge in [-0.25, -0.2) is 4.79 Å². The van der Waals surface area contributed by atoms with Crippen molar-refractivity contribution in [2.45, 2.75) is 33.1 Å². The van der Waals surface area contributed by atoms with Gasteiger partial charge in [-0.1, -0.05) is 13.8 Å². The standard InChI is InChI=1S/C10H20N2O/c1-3-6-11-10(13)12-7-4-5-9(2)8-12/h9H,3-8H2,1-2H3,(H,11,13)/t9-/m1/s1. The van der Waals surface area contributed by atoms with Crippen LogP contribution in [0.2, 0.25) is 0 Å². The third-order valence-electron chi connectivity index (χ3n) is 2.47. The maximum atomic E-state index is 11.5. The number of nitrogens with one attached hydrogen (secondary N) is 1. The zero-order valence-electron chi connectivity index (χ0n) is 8.68. The molecule has 0 radical (unpaired) electrons. The first kappa shape index (κ1) is 10.4. The van der Waals surface area contributed by atoms with E-state index in [4.69, 9.17) is 0 Å². The Morgan fingerprint density at radius 1 is 1.62 bits per heavy atom. The van der Waals surface area contributed by atoms with Gasteiger partial charge in [0.25, 0.3) is 0 Å². The van der Waals surface area contributed by atoms with Gasteiger partial charge in [-0.3, -0.25) is 0 Å². The van der Waals surface area contributed by atoms with Crippen LogP contribution in [-0.2, 0) is 0 Å². The lowest BCUT2D eigenvalue weighted by Crippen LogP contribution is -2.45. The van der Waals surface area contributed by atoms with Crippen LogP contribution in [0.4, 0.5) is 4.79 Å². The molecule has 1 fully saturated rings. The quantitative estimate of drug-likeness (QED) is 0.697. The van der Waals surface area contributed by atoms with Gasteiger partial charge in [0, 0.05) is 19.6 Å². The highest BCUT2D eigenvalue weighted by atomic mass is 16.2. The number of rotatable bonds is 2. The average Bonchev–Trinajstić information content (AvgIpc) is 2.14. The Morgan fingerprint density at radius 3 is 3.00 bits per heavy atom. The van der Waals surface area contributed by atoms with Gasteiger partial charge in [0.2, 0.25) is 0 Å². The van der Waals surface area contributed by atoms with Gasteiger partial charge >= 0.3 is 6.03 Å². The molecule has 3 heteroatoms. The highest BCUT2D eigenvalue weighted by Gasteiger charge is 2.19. The second kappa shape index (κ2) is 5.10. The van der Waals surface area contributed by atoms with Gasteiger partial charge in [0.15, 0.2) is 0 Å².